The number of carbonyl (C=O) groups is 2. The summed E-state index contributed by atoms with van der Waals surface area (Å²) < 4.78 is 5.19. The predicted octanol–water partition coefficient (Wildman–Crippen LogP) is 1.83. The van der Waals surface area contributed by atoms with E-state index in [1.54, 1.807) is 13.8 Å². The molecule has 0 spiro atoms. The Hall–Kier alpha value is -2.17. The topological polar surface area (TPSA) is 79.2 Å². The van der Waals surface area contributed by atoms with Gasteiger partial charge in [0.25, 0.3) is 5.90 Å². The fraction of sp³-hybridized carbons (Fsp3) is 0.400. The maximum atomic E-state index is 12.0. The highest BCUT2D eigenvalue weighted by Crippen LogP contribution is 2.07. The van der Waals surface area contributed by atoms with Crippen molar-refractivity contribution < 1.29 is 14.3 Å². The van der Waals surface area contributed by atoms with Crippen LogP contribution in [-0.2, 0) is 20.9 Å². The number of nitrogens with one attached hydrogen (secondary N) is 2. The average molecular weight is 276 g/mol. The first-order valence-corrected chi connectivity index (χ1v) is 6.46. The number of aryl methyl sites for hydroxylation is 1. The molecule has 5 nitrogen and oxygen atoms in total. The van der Waals surface area contributed by atoms with Crippen LogP contribution in [0.1, 0.15) is 25.0 Å². The van der Waals surface area contributed by atoms with Gasteiger partial charge >= 0.3 is 0 Å². The van der Waals surface area contributed by atoms with Crippen LogP contribution in [-0.4, -0.2) is 24.1 Å². The minimum atomic E-state index is -0.724. The van der Waals surface area contributed by atoms with Crippen molar-refractivity contribution in [3.8, 4) is 0 Å². The molecule has 0 heterocycles. The highest BCUT2D eigenvalue weighted by atomic mass is 16.5. The van der Waals surface area contributed by atoms with E-state index in [-0.39, 0.29) is 12.5 Å². The minimum Gasteiger partial charge on any atom is -0.471 e. The smallest absolute Gasteiger partial charge is 0.253 e. The van der Waals surface area contributed by atoms with Crippen molar-refractivity contribution >= 4 is 18.1 Å². The molecular weight excluding hydrogens is 256 g/mol. The zero-order valence-corrected chi connectivity index (χ0v) is 12.0. The van der Waals surface area contributed by atoms with E-state index in [0.717, 1.165) is 11.1 Å². The predicted molar refractivity (Wildman–Crippen MR) is 76.5 cm³/mol. The lowest BCUT2D eigenvalue weighted by Gasteiger charge is -2.18. The molecule has 1 atom stereocenters. The molecule has 0 aliphatic heterocycles. The molecule has 1 unspecified atom stereocenters. The largest absolute Gasteiger partial charge is 0.471 e. The second kappa shape index (κ2) is 7.43. The van der Waals surface area contributed by atoms with Gasteiger partial charge in [-0.3, -0.25) is 15.0 Å². The van der Waals surface area contributed by atoms with Gasteiger partial charge in [-0.15, -0.1) is 0 Å². The molecule has 2 N–H and O–H groups in total. The van der Waals surface area contributed by atoms with E-state index in [0.29, 0.717) is 6.41 Å². The van der Waals surface area contributed by atoms with Crippen LogP contribution in [0.15, 0.2) is 24.3 Å². The zero-order valence-electron chi connectivity index (χ0n) is 12.0. The number of Topliss-reactive ketones (excluding diaryl/α,β-unsaturated/α-hetero) is 1. The summed E-state index contributed by atoms with van der Waals surface area (Å²) in [5.74, 6) is -1.05. The van der Waals surface area contributed by atoms with Gasteiger partial charge in [-0.05, 0) is 18.4 Å². The Bertz CT molecular complexity index is 480. The van der Waals surface area contributed by atoms with E-state index < -0.39 is 17.7 Å². The molecule has 20 heavy (non-hydrogen) atoms. The lowest BCUT2D eigenvalue weighted by molar-refractivity contribution is -0.120. The molecule has 1 amide bonds. The number of carbonyl (C=O) groups excluding carboxylic acids is 2. The van der Waals surface area contributed by atoms with E-state index in [1.165, 1.54) is 0 Å². The molecule has 0 aliphatic carbocycles. The number of ether oxygens (including phenoxy) is 1. The van der Waals surface area contributed by atoms with Gasteiger partial charge in [0.1, 0.15) is 6.61 Å². The zero-order chi connectivity index (χ0) is 15.1. The summed E-state index contributed by atoms with van der Waals surface area (Å²) in [6.45, 7) is 5.74. The second-order valence-corrected chi connectivity index (χ2v) is 4.97. The number of amides is 1. The van der Waals surface area contributed by atoms with Crippen molar-refractivity contribution in [3.63, 3.8) is 0 Å². The van der Waals surface area contributed by atoms with E-state index in [2.05, 4.69) is 5.32 Å². The monoisotopic (exact) mass is 276 g/mol. The Morgan fingerprint density at radius 3 is 2.45 bits per heavy atom. The quantitative estimate of drug-likeness (QED) is 0.453. The van der Waals surface area contributed by atoms with Gasteiger partial charge < -0.3 is 10.1 Å². The third-order valence-corrected chi connectivity index (χ3v) is 2.92. The highest BCUT2D eigenvalue weighted by Gasteiger charge is 2.26. The summed E-state index contributed by atoms with van der Waals surface area (Å²) >= 11 is 0. The molecule has 0 saturated carbocycles. The molecule has 0 aromatic heterocycles. The standard InChI is InChI=1S/C15H20N2O3/c1-10(2)13(17-9-18)14(19)15(16)20-8-12-6-4-11(3)5-7-12/h4-7,9-10,13,16H,8H2,1-3H3,(H,17,18). The Balaban J connectivity index is 2.59. The van der Waals surface area contributed by atoms with Crippen molar-refractivity contribution in [2.75, 3.05) is 0 Å². The first kappa shape index (κ1) is 15.9. The lowest BCUT2D eigenvalue weighted by atomic mass is 10.00. The van der Waals surface area contributed by atoms with Gasteiger partial charge in [0.2, 0.25) is 12.2 Å². The Morgan fingerprint density at radius 1 is 1.35 bits per heavy atom. The van der Waals surface area contributed by atoms with Crippen LogP contribution < -0.4 is 5.32 Å². The SMILES string of the molecule is Cc1ccc(COC(=N)C(=O)C(NC=O)C(C)C)cc1. The maximum Gasteiger partial charge on any atom is 0.253 e. The molecule has 0 radical (unpaired) electrons. The van der Waals surface area contributed by atoms with Gasteiger partial charge in [0, 0.05) is 0 Å². The van der Waals surface area contributed by atoms with Gasteiger partial charge in [-0.1, -0.05) is 43.7 Å². The summed E-state index contributed by atoms with van der Waals surface area (Å²) in [4.78, 5) is 22.5. The van der Waals surface area contributed by atoms with Gasteiger partial charge in [0.15, 0.2) is 0 Å². The Morgan fingerprint density at radius 2 is 1.95 bits per heavy atom. The third-order valence-electron chi connectivity index (χ3n) is 2.92. The van der Waals surface area contributed by atoms with Crippen molar-refractivity contribution in [1.82, 2.24) is 5.32 Å². The van der Waals surface area contributed by atoms with Gasteiger partial charge in [0.05, 0.1) is 6.04 Å². The molecular formula is C15H20N2O3. The average Bonchev–Trinajstić information content (AvgIpc) is 2.42. The van der Waals surface area contributed by atoms with E-state index in [9.17, 15) is 9.59 Å². The Labute approximate surface area is 118 Å². The minimum absolute atomic E-state index is 0.101. The van der Waals surface area contributed by atoms with Crippen LogP contribution in [0, 0.1) is 18.3 Å². The fourth-order valence-electron chi connectivity index (χ4n) is 1.70. The number of hydrogen-bond acceptors (Lipinski definition) is 4. The van der Waals surface area contributed by atoms with Crippen molar-refractivity contribution in [2.24, 2.45) is 5.92 Å². The van der Waals surface area contributed by atoms with Crippen LogP contribution in [0.4, 0.5) is 0 Å². The third kappa shape index (κ3) is 4.50. The van der Waals surface area contributed by atoms with E-state index in [4.69, 9.17) is 10.1 Å². The lowest BCUT2D eigenvalue weighted by Crippen LogP contribution is -2.44. The molecule has 0 bridgehead atoms. The normalized spacial score (nSPS) is 11.8. The van der Waals surface area contributed by atoms with E-state index in [1.807, 2.05) is 31.2 Å². The van der Waals surface area contributed by atoms with Crippen molar-refractivity contribution in [3.05, 3.63) is 35.4 Å². The van der Waals surface area contributed by atoms with Crippen molar-refractivity contribution in [2.45, 2.75) is 33.4 Å². The first-order chi connectivity index (χ1) is 9.45. The van der Waals surface area contributed by atoms with Gasteiger partial charge in [-0.2, -0.15) is 0 Å². The molecule has 0 aliphatic rings. The summed E-state index contributed by atoms with van der Waals surface area (Å²) in [7, 11) is 0. The molecule has 108 valence electrons. The Kier molecular flexibility index (Phi) is 5.90. The summed E-state index contributed by atoms with van der Waals surface area (Å²) in [5.41, 5.74) is 2.02. The van der Waals surface area contributed by atoms with E-state index >= 15 is 0 Å². The molecule has 1 aromatic carbocycles. The summed E-state index contributed by atoms with van der Waals surface area (Å²) in [6.07, 6.45) is 0.468. The molecule has 0 saturated heterocycles. The first-order valence-electron chi connectivity index (χ1n) is 6.46. The summed E-state index contributed by atoms with van der Waals surface area (Å²) in [5, 5.41) is 10.1. The highest BCUT2D eigenvalue weighted by molar-refractivity contribution is 6.37. The van der Waals surface area contributed by atoms with Gasteiger partial charge in [-0.25, -0.2) is 0 Å². The molecule has 1 rings (SSSR count). The maximum absolute atomic E-state index is 12.0. The second-order valence-electron chi connectivity index (χ2n) is 4.97. The van der Waals surface area contributed by atoms with Crippen molar-refractivity contribution in [1.29, 1.82) is 5.41 Å². The number of hydrogen-bond donors (Lipinski definition) is 2. The number of ketones is 1. The molecule has 5 heteroatoms. The van der Waals surface area contributed by atoms with Crippen LogP contribution in [0.2, 0.25) is 0 Å². The summed E-state index contributed by atoms with van der Waals surface area (Å²) in [6, 6.07) is 6.93. The fourth-order valence-corrected chi connectivity index (χ4v) is 1.70. The van der Waals surface area contributed by atoms with Crippen LogP contribution in [0.25, 0.3) is 0 Å². The molecule has 1 aromatic rings. The number of rotatable bonds is 7. The van der Waals surface area contributed by atoms with Crippen LogP contribution >= 0.6 is 0 Å². The number of benzene rings is 1. The molecule has 0 fully saturated rings. The van der Waals surface area contributed by atoms with Crippen LogP contribution in [0.5, 0.6) is 0 Å². The van der Waals surface area contributed by atoms with Crippen LogP contribution in [0.3, 0.4) is 0 Å².